The highest BCUT2D eigenvalue weighted by atomic mass is 16.7. The van der Waals surface area contributed by atoms with Crippen LogP contribution in [-0.2, 0) is 9.31 Å². The van der Waals surface area contributed by atoms with E-state index in [1.807, 2.05) is 6.20 Å². The summed E-state index contributed by atoms with van der Waals surface area (Å²) in [4.78, 5) is 2.47. The van der Waals surface area contributed by atoms with Gasteiger partial charge in [-0.05, 0) is 48.5 Å². The zero-order valence-corrected chi connectivity index (χ0v) is 14.9. The van der Waals surface area contributed by atoms with E-state index in [0.29, 0.717) is 6.04 Å². The molecule has 3 heterocycles. The molecule has 0 aliphatic carbocycles. The smallest absolute Gasteiger partial charge is 0.399 e. The van der Waals surface area contributed by atoms with Crippen molar-refractivity contribution in [3.63, 3.8) is 0 Å². The van der Waals surface area contributed by atoms with E-state index < -0.39 is 0 Å². The van der Waals surface area contributed by atoms with Crippen molar-refractivity contribution < 1.29 is 9.31 Å². The second-order valence-electron chi connectivity index (χ2n) is 8.57. The van der Waals surface area contributed by atoms with Crippen LogP contribution in [0.15, 0.2) is 12.4 Å². The first-order valence-electron chi connectivity index (χ1n) is 8.14. The van der Waals surface area contributed by atoms with E-state index in [0.717, 1.165) is 18.6 Å². The standard InChI is InChI=1S/C16H28BN3O2/c1-14(2,3)19-10-13(11-19)20-9-12(8-18-20)17-21-15(4,5)16(6,7)22-17/h8-9,13H,10-11H2,1-7H3. The summed E-state index contributed by atoms with van der Waals surface area (Å²) in [5.41, 5.74) is 0.629. The van der Waals surface area contributed by atoms with Crippen LogP contribution in [0.3, 0.4) is 0 Å². The minimum Gasteiger partial charge on any atom is -0.399 e. The minimum atomic E-state index is -0.322. The van der Waals surface area contributed by atoms with Crippen LogP contribution >= 0.6 is 0 Å². The number of nitrogens with zero attached hydrogens (tertiary/aromatic N) is 3. The van der Waals surface area contributed by atoms with Crippen LogP contribution < -0.4 is 5.46 Å². The molecule has 0 spiro atoms. The Labute approximate surface area is 134 Å². The molecule has 0 N–H and O–H groups in total. The SMILES string of the molecule is CC(C)(C)N1CC(n2cc(B3OC(C)(C)C(C)(C)O3)cn2)C1. The largest absolute Gasteiger partial charge is 0.498 e. The van der Waals surface area contributed by atoms with Crippen LogP contribution in [0, 0.1) is 0 Å². The summed E-state index contributed by atoms with van der Waals surface area (Å²) >= 11 is 0. The van der Waals surface area contributed by atoms with Crippen LogP contribution in [0.1, 0.15) is 54.5 Å². The highest BCUT2D eigenvalue weighted by Crippen LogP contribution is 2.36. The summed E-state index contributed by atoms with van der Waals surface area (Å²) < 4.78 is 14.2. The van der Waals surface area contributed by atoms with Crippen molar-refractivity contribution in [3.8, 4) is 0 Å². The third-order valence-corrected chi connectivity index (χ3v) is 5.33. The zero-order chi connectivity index (χ0) is 16.3. The molecule has 0 aromatic carbocycles. The lowest BCUT2D eigenvalue weighted by Gasteiger charge is -2.47. The molecule has 0 bridgehead atoms. The topological polar surface area (TPSA) is 39.5 Å². The van der Waals surface area contributed by atoms with Crippen molar-refractivity contribution in [2.45, 2.75) is 71.2 Å². The first kappa shape index (κ1) is 16.0. The van der Waals surface area contributed by atoms with Gasteiger partial charge in [0.1, 0.15) is 0 Å². The second kappa shape index (κ2) is 4.82. The molecule has 3 rings (SSSR count). The quantitative estimate of drug-likeness (QED) is 0.782. The van der Waals surface area contributed by atoms with Crippen LogP contribution in [0.5, 0.6) is 0 Å². The van der Waals surface area contributed by atoms with E-state index in [9.17, 15) is 0 Å². The fraction of sp³-hybridized carbons (Fsp3) is 0.812. The second-order valence-corrected chi connectivity index (χ2v) is 8.57. The van der Waals surface area contributed by atoms with Crippen LogP contribution in [-0.4, -0.2) is 51.6 Å². The Kier molecular flexibility index (Phi) is 3.51. The number of aromatic nitrogens is 2. The predicted octanol–water partition coefficient (Wildman–Crippen LogP) is 1.84. The van der Waals surface area contributed by atoms with Crippen LogP contribution in [0.2, 0.25) is 0 Å². The van der Waals surface area contributed by atoms with E-state index in [1.165, 1.54) is 0 Å². The molecule has 6 heteroatoms. The summed E-state index contributed by atoms with van der Waals surface area (Å²) in [5, 5.41) is 4.52. The molecule has 2 fully saturated rings. The maximum absolute atomic E-state index is 6.08. The number of likely N-dealkylation sites (tertiary alicyclic amines) is 1. The van der Waals surface area contributed by atoms with Gasteiger partial charge in [-0.25, -0.2) is 0 Å². The fourth-order valence-electron chi connectivity index (χ4n) is 2.82. The molecule has 2 aliphatic rings. The van der Waals surface area contributed by atoms with Crippen LogP contribution in [0.25, 0.3) is 0 Å². The molecular formula is C16H28BN3O2. The molecule has 0 unspecified atom stereocenters. The molecule has 22 heavy (non-hydrogen) atoms. The van der Waals surface area contributed by atoms with E-state index in [4.69, 9.17) is 9.31 Å². The summed E-state index contributed by atoms with van der Waals surface area (Å²) in [6, 6.07) is 0.454. The third kappa shape index (κ3) is 2.61. The summed E-state index contributed by atoms with van der Waals surface area (Å²) in [6.07, 6.45) is 3.95. The average Bonchev–Trinajstić information content (AvgIpc) is 2.79. The first-order valence-corrected chi connectivity index (χ1v) is 8.14. The van der Waals surface area contributed by atoms with Gasteiger partial charge in [-0.3, -0.25) is 9.58 Å². The average molecular weight is 305 g/mol. The molecule has 0 saturated carbocycles. The Bertz CT molecular complexity index is 540. The lowest BCUT2D eigenvalue weighted by atomic mass is 9.82. The lowest BCUT2D eigenvalue weighted by molar-refractivity contribution is 0.00578. The maximum Gasteiger partial charge on any atom is 0.498 e. The number of rotatable bonds is 2. The van der Waals surface area contributed by atoms with E-state index in [-0.39, 0.29) is 23.9 Å². The Morgan fingerprint density at radius 2 is 1.68 bits per heavy atom. The molecule has 1 aromatic heterocycles. The molecule has 1 aromatic rings. The Balaban J connectivity index is 1.67. The van der Waals surface area contributed by atoms with Crippen molar-refractivity contribution in [1.82, 2.24) is 14.7 Å². The highest BCUT2D eigenvalue weighted by Gasteiger charge is 2.52. The van der Waals surface area contributed by atoms with Gasteiger partial charge in [0.2, 0.25) is 0 Å². The number of hydrogen-bond acceptors (Lipinski definition) is 4. The van der Waals surface area contributed by atoms with Crippen molar-refractivity contribution in [2.75, 3.05) is 13.1 Å². The predicted molar refractivity (Wildman–Crippen MR) is 88.3 cm³/mol. The molecule has 0 amide bonds. The zero-order valence-electron chi connectivity index (χ0n) is 14.9. The van der Waals surface area contributed by atoms with Gasteiger partial charge >= 0.3 is 7.12 Å². The van der Waals surface area contributed by atoms with Crippen molar-refractivity contribution >= 4 is 12.6 Å². The van der Waals surface area contributed by atoms with Gasteiger partial charge in [-0.1, -0.05) is 0 Å². The Hall–Kier alpha value is -0.845. The molecule has 122 valence electrons. The van der Waals surface area contributed by atoms with Gasteiger partial charge in [0, 0.05) is 36.5 Å². The Morgan fingerprint density at radius 1 is 1.14 bits per heavy atom. The molecule has 0 radical (unpaired) electrons. The van der Waals surface area contributed by atoms with Crippen molar-refractivity contribution in [3.05, 3.63) is 12.4 Å². The maximum atomic E-state index is 6.08. The van der Waals surface area contributed by atoms with E-state index in [1.54, 1.807) is 0 Å². The first-order chi connectivity index (χ1) is 9.99. The monoisotopic (exact) mass is 305 g/mol. The molecule has 5 nitrogen and oxygen atoms in total. The Morgan fingerprint density at radius 3 is 2.18 bits per heavy atom. The van der Waals surface area contributed by atoms with Crippen LogP contribution in [0.4, 0.5) is 0 Å². The highest BCUT2D eigenvalue weighted by molar-refractivity contribution is 6.62. The summed E-state index contributed by atoms with van der Waals surface area (Å²) in [6.45, 7) is 17.2. The van der Waals surface area contributed by atoms with Crippen molar-refractivity contribution in [1.29, 1.82) is 0 Å². The number of hydrogen-bond donors (Lipinski definition) is 0. The van der Waals surface area contributed by atoms with Gasteiger partial charge in [-0.15, -0.1) is 0 Å². The minimum absolute atomic E-state index is 0.234. The molecule has 2 aliphatic heterocycles. The van der Waals surface area contributed by atoms with Crippen molar-refractivity contribution in [2.24, 2.45) is 0 Å². The van der Waals surface area contributed by atoms with E-state index >= 15 is 0 Å². The van der Waals surface area contributed by atoms with E-state index in [2.05, 4.69) is 69.3 Å². The van der Waals surface area contributed by atoms with Gasteiger partial charge in [0.15, 0.2) is 0 Å². The summed E-state index contributed by atoms with van der Waals surface area (Å²) in [5.74, 6) is 0. The third-order valence-electron chi connectivity index (χ3n) is 5.33. The lowest BCUT2D eigenvalue weighted by Crippen LogP contribution is -2.56. The summed E-state index contributed by atoms with van der Waals surface area (Å²) in [7, 11) is -0.322. The molecular weight excluding hydrogens is 277 g/mol. The molecule has 2 saturated heterocycles. The normalized spacial score (nSPS) is 25.5. The van der Waals surface area contributed by atoms with Gasteiger partial charge in [0.05, 0.1) is 17.2 Å². The molecule has 0 atom stereocenters. The van der Waals surface area contributed by atoms with Gasteiger partial charge in [-0.2, -0.15) is 5.10 Å². The fourth-order valence-corrected chi connectivity index (χ4v) is 2.82. The van der Waals surface area contributed by atoms with Gasteiger partial charge in [0.25, 0.3) is 0 Å². The van der Waals surface area contributed by atoms with Gasteiger partial charge < -0.3 is 9.31 Å².